The van der Waals surface area contributed by atoms with Crippen LogP contribution in [0.3, 0.4) is 0 Å². The van der Waals surface area contributed by atoms with E-state index in [1.165, 1.54) is 4.90 Å². The number of nitrogens with zero attached hydrogens (tertiary/aromatic N) is 2. The summed E-state index contributed by atoms with van der Waals surface area (Å²) in [6.45, 7) is 5.85. The van der Waals surface area contributed by atoms with Crippen molar-refractivity contribution in [1.82, 2.24) is 0 Å². The first-order chi connectivity index (χ1) is 17.1. The first-order valence-corrected chi connectivity index (χ1v) is 12.4. The number of ether oxygens (including phenoxy) is 1. The van der Waals surface area contributed by atoms with Crippen LogP contribution in [0.5, 0.6) is 5.75 Å². The maximum absolute atomic E-state index is 13.1. The number of rotatable bonds is 4. The molecule has 186 valence electrons. The maximum atomic E-state index is 13.1. The third-order valence-electron chi connectivity index (χ3n) is 7.38. The van der Waals surface area contributed by atoms with Gasteiger partial charge >= 0.3 is 5.97 Å². The number of halogens is 1. The quantitative estimate of drug-likeness (QED) is 0.258. The SMILES string of the molecule is CC1=CC[C@@H]2C(=O)N(c3ccc(OC(=O)[C@@H]4CC(=O)N(c5ccc(C)c(Cl)c5)C4)cc3C)C(=O)[C@@H]2C1. The molecule has 1 aliphatic carbocycles. The Balaban J connectivity index is 1.28. The van der Waals surface area contributed by atoms with Gasteiger partial charge in [0.2, 0.25) is 17.7 Å². The molecule has 36 heavy (non-hydrogen) atoms. The van der Waals surface area contributed by atoms with Gasteiger partial charge < -0.3 is 9.64 Å². The molecule has 0 N–H and O–H groups in total. The summed E-state index contributed by atoms with van der Waals surface area (Å²) in [6.07, 6.45) is 3.27. The Morgan fingerprint density at radius 3 is 2.42 bits per heavy atom. The molecule has 3 atom stereocenters. The fourth-order valence-corrected chi connectivity index (χ4v) is 5.46. The number of imide groups is 1. The summed E-state index contributed by atoms with van der Waals surface area (Å²) in [6, 6.07) is 10.2. The van der Waals surface area contributed by atoms with Gasteiger partial charge in [-0.3, -0.25) is 19.2 Å². The fraction of sp³-hybridized carbons (Fsp3) is 0.357. The topological polar surface area (TPSA) is 84.0 Å². The monoisotopic (exact) mass is 506 g/mol. The molecule has 2 aromatic rings. The van der Waals surface area contributed by atoms with E-state index in [0.717, 1.165) is 11.1 Å². The number of fused-ring (bicyclic) bond motifs is 1. The molecule has 2 aromatic carbocycles. The Morgan fingerprint density at radius 2 is 1.69 bits per heavy atom. The highest BCUT2D eigenvalue weighted by molar-refractivity contribution is 6.31. The van der Waals surface area contributed by atoms with Crippen LogP contribution in [0.2, 0.25) is 5.02 Å². The molecule has 2 heterocycles. The van der Waals surface area contributed by atoms with Crippen molar-refractivity contribution in [3.63, 3.8) is 0 Å². The second-order valence-electron chi connectivity index (χ2n) is 9.92. The molecule has 0 radical (unpaired) electrons. The first-order valence-electron chi connectivity index (χ1n) is 12.1. The van der Waals surface area contributed by atoms with Crippen molar-refractivity contribution in [2.45, 2.75) is 40.0 Å². The second kappa shape index (κ2) is 9.21. The molecule has 0 spiro atoms. The van der Waals surface area contributed by atoms with Crippen LogP contribution in [0.15, 0.2) is 48.0 Å². The smallest absolute Gasteiger partial charge is 0.316 e. The van der Waals surface area contributed by atoms with Gasteiger partial charge in [-0.15, -0.1) is 0 Å². The molecule has 8 heteroatoms. The van der Waals surface area contributed by atoms with E-state index in [9.17, 15) is 19.2 Å². The zero-order chi connectivity index (χ0) is 25.7. The number of amides is 3. The van der Waals surface area contributed by atoms with Crippen LogP contribution in [0.1, 0.15) is 37.3 Å². The average Bonchev–Trinajstić information content (AvgIpc) is 3.33. The summed E-state index contributed by atoms with van der Waals surface area (Å²) in [5, 5.41) is 0.558. The average molecular weight is 507 g/mol. The van der Waals surface area contributed by atoms with Crippen LogP contribution < -0.4 is 14.5 Å². The van der Waals surface area contributed by atoms with E-state index in [-0.39, 0.29) is 42.5 Å². The number of carbonyl (C=O) groups is 4. The van der Waals surface area contributed by atoms with E-state index >= 15 is 0 Å². The van der Waals surface area contributed by atoms with Crippen LogP contribution in [0.4, 0.5) is 11.4 Å². The maximum Gasteiger partial charge on any atom is 0.316 e. The van der Waals surface area contributed by atoms with Crippen LogP contribution in [-0.4, -0.2) is 30.2 Å². The summed E-state index contributed by atoms with van der Waals surface area (Å²) >= 11 is 6.20. The number of hydrogen-bond donors (Lipinski definition) is 0. The molecule has 0 bridgehead atoms. The van der Waals surface area contributed by atoms with Gasteiger partial charge in [0.1, 0.15) is 5.75 Å². The van der Waals surface area contributed by atoms with E-state index < -0.39 is 11.9 Å². The molecule has 2 saturated heterocycles. The molecule has 7 nitrogen and oxygen atoms in total. The number of allylic oxidation sites excluding steroid dienone is 2. The third-order valence-corrected chi connectivity index (χ3v) is 7.78. The zero-order valence-electron chi connectivity index (χ0n) is 20.4. The van der Waals surface area contributed by atoms with Gasteiger partial charge in [0.15, 0.2) is 0 Å². The normalized spacial score (nSPS) is 23.7. The van der Waals surface area contributed by atoms with Gasteiger partial charge in [-0.2, -0.15) is 0 Å². The highest BCUT2D eigenvalue weighted by atomic mass is 35.5. The number of anilines is 2. The summed E-state index contributed by atoms with van der Waals surface area (Å²) in [4.78, 5) is 54.3. The van der Waals surface area contributed by atoms with Crippen molar-refractivity contribution in [1.29, 1.82) is 0 Å². The standard InChI is InChI=1S/C28H27ClN2O5/c1-15-4-8-21-22(10-15)27(34)31(26(21)33)24-9-7-20(11-17(24)3)36-28(35)18-12-25(32)30(14-18)19-6-5-16(2)23(29)13-19/h4-7,9,11,13,18,21-22H,8,10,12,14H2,1-3H3/t18-,21+,22-/m1/s1. The molecule has 0 aromatic heterocycles. The van der Waals surface area contributed by atoms with Crippen molar-refractivity contribution < 1.29 is 23.9 Å². The predicted octanol–water partition coefficient (Wildman–Crippen LogP) is 4.76. The Morgan fingerprint density at radius 1 is 0.944 bits per heavy atom. The highest BCUT2D eigenvalue weighted by Crippen LogP contribution is 2.41. The van der Waals surface area contributed by atoms with Gasteiger partial charge in [0.25, 0.3) is 0 Å². The Bertz CT molecular complexity index is 1330. The fourth-order valence-electron chi connectivity index (χ4n) is 5.28. The Labute approximate surface area is 214 Å². The van der Waals surface area contributed by atoms with Gasteiger partial charge in [0.05, 0.1) is 23.4 Å². The lowest BCUT2D eigenvalue weighted by molar-refractivity contribution is -0.139. The number of hydrogen-bond acceptors (Lipinski definition) is 5. The summed E-state index contributed by atoms with van der Waals surface area (Å²) in [5.41, 5.74) is 3.86. The van der Waals surface area contributed by atoms with Crippen molar-refractivity contribution in [3.8, 4) is 5.75 Å². The van der Waals surface area contributed by atoms with E-state index in [1.807, 2.05) is 32.1 Å². The van der Waals surface area contributed by atoms with Crippen molar-refractivity contribution in [2.75, 3.05) is 16.3 Å². The van der Waals surface area contributed by atoms with Gasteiger partial charge in [-0.1, -0.05) is 29.3 Å². The molecular formula is C28H27ClN2O5. The van der Waals surface area contributed by atoms with E-state index in [2.05, 4.69) is 0 Å². The van der Waals surface area contributed by atoms with E-state index in [4.69, 9.17) is 16.3 Å². The van der Waals surface area contributed by atoms with Gasteiger partial charge in [0, 0.05) is 23.7 Å². The molecule has 3 aliphatic rings. The number of esters is 1. The van der Waals surface area contributed by atoms with Crippen molar-refractivity contribution in [3.05, 3.63) is 64.2 Å². The minimum Gasteiger partial charge on any atom is -0.426 e. The lowest BCUT2D eigenvalue weighted by Gasteiger charge is -2.19. The van der Waals surface area contributed by atoms with Crippen molar-refractivity contribution in [2.24, 2.45) is 17.8 Å². The molecule has 0 saturated carbocycles. The molecule has 2 aliphatic heterocycles. The Kier molecular flexibility index (Phi) is 6.20. The van der Waals surface area contributed by atoms with Gasteiger partial charge in [-0.05, 0) is 75.1 Å². The van der Waals surface area contributed by atoms with Crippen LogP contribution in [-0.2, 0) is 19.2 Å². The lowest BCUT2D eigenvalue weighted by Crippen LogP contribution is -2.31. The highest BCUT2D eigenvalue weighted by Gasteiger charge is 2.49. The largest absolute Gasteiger partial charge is 0.426 e. The molecule has 5 rings (SSSR count). The lowest BCUT2D eigenvalue weighted by atomic mass is 9.82. The zero-order valence-corrected chi connectivity index (χ0v) is 21.2. The van der Waals surface area contributed by atoms with E-state index in [0.29, 0.717) is 40.6 Å². The van der Waals surface area contributed by atoms with Crippen LogP contribution in [0.25, 0.3) is 0 Å². The van der Waals surface area contributed by atoms with Crippen molar-refractivity contribution >= 4 is 46.7 Å². The Hall–Kier alpha value is -3.45. The minimum atomic E-state index is -0.613. The van der Waals surface area contributed by atoms with Crippen LogP contribution >= 0.6 is 11.6 Å². The van der Waals surface area contributed by atoms with Gasteiger partial charge in [-0.25, -0.2) is 4.90 Å². The predicted molar refractivity (Wildman–Crippen MR) is 136 cm³/mol. The molecule has 2 fully saturated rings. The van der Waals surface area contributed by atoms with Crippen LogP contribution in [0, 0.1) is 31.6 Å². The molecule has 0 unspecified atom stereocenters. The number of benzene rings is 2. The third kappa shape index (κ3) is 4.22. The minimum absolute atomic E-state index is 0.0500. The molecule has 3 amide bonds. The first kappa shape index (κ1) is 24.3. The number of aryl methyl sites for hydroxylation is 2. The summed E-state index contributed by atoms with van der Waals surface area (Å²) < 4.78 is 5.59. The molecular weight excluding hydrogens is 480 g/mol. The summed E-state index contributed by atoms with van der Waals surface area (Å²) in [5.74, 6) is -1.96. The second-order valence-corrected chi connectivity index (χ2v) is 10.3. The summed E-state index contributed by atoms with van der Waals surface area (Å²) in [7, 11) is 0. The van der Waals surface area contributed by atoms with E-state index in [1.54, 1.807) is 36.1 Å². The number of carbonyl (C=O) groups excluding carboxylic acids is 4.